The highest BCUT2D eigenvalue weighted by molar-refractivity contribution is 14.1. The van der Waals surface area contributed by atoms with Gasteiger partial charge in [0.25, 0.3) is 0 Å². The predicted octanol–water partition coefficient (Wildman–Crippen LogP) is 2.31. The van der Waals surface area contributed by atoms with Gasteiger partial charge in [0.05, 0.1) is 12.3 Å². The van der Waals surface area contributed by atoms with Gasteiger partial charge in [0.15, 0.2) is 0 Å². The average molecular weight is 436 g/mol. The number of rotatable bonds is 7. The first-order valence-electron chi connectivity index (χ1n) is 8.40. The van der Waals surface area contributed by atoms with Crippen LogP contribution < -0.4 is 10.6 Å². The smallest absolute Gasteiger partial charge is 0.138 e. The standard InChI is InChI=1S/C17H29IN2O3/c1-13-14(17(18)6-8-19-9-7-17)4-3-5-15(16(13)20-12-21)23-11-10-22-2/h5,14,19-21H,3-4,6-12H2,1-2H3. The molecule has 0 radical (unpaired) electrons. The fraction of sp³-hybridized carbons (Fsp3) is 0.765. The van der Waals surface area contributed by atoms with Crippen LogP contribution in [0.5, 0.6) is 0 Å². The molecule has 1 fully saturated rings. The molecule has 1 unspecified atom stereocenters. The molecule has 1 heterocycles. The Balaban J connectivity index is 2.22. The van der Waals surface area contributed by atoms with E-state index in [2.05, 4.69) is 46.2 Å². The summed E-state index contributed by atoms with van der Waals surface area (Å²) in [5.41, 5.74) is 2.26. The third-order valence-corrected chi connectivity index (χ3v) is 6.64. The van der Waals surface area contributed by atoms with Gasteiger partial charge in [0, 0.05) is 10.5 Å². The van der Waals surface area contributed by atoms with Gasteiger partial charge in [-0.2, -0.15) is 0 Å². The van der Waals surface area contributed by atoms with E-state index in [0.29, 0.717) is 19.1 Å². The number of allylic oxidation sites excluding steroid dienone is 2. The number of ether oxygens (including phenoxy) is 2. The molecular formula is C17H29IN2O3. The van der Waals surface area contributed by atoms with Crippen LogP contribution in [0.25, 0.3) is 0 Å². The van der Waals surface area contributed by atoms with Crippen LogP contribution in [0, 0.1) is 5.92 Å². The molecule has 2 aliphatic rings. The fourth-order valence-corrected chi connectivity index (χ4v) is 4.90. The maximum Gasteiger partial charge on any atom is 0.138 e. The zero-order valence-corrected chi connectivity index (χ0v) is 16.3. The number of hydrogen-bond acceptors (Lipinski definition) is 5. The normalized spacial score (nSPS) is 24.9. The summed E-state index contributed by atoms with van der Waals surface area (Å²) in [6, 6.07) is 0. The molecule has 23 heavy (non-hydrogen) atoms. The Morgan fingerprint density at radius 3 is 2.78 bits per heavy atom. The quantitative estimate of drug-likeness (QED) is 0.248. The Morgan fingerprint density at radius 2 is 2.13 bits per heavy atom. The van der Waals surface area contributed by atoms with Crippen molar-refractivity contribution in [3.05, 3.63) is 23.1 Å². The second kappa shape index (κ2) is 9.25. The van der Waals surface area contributed by atoms with Crippen molar-refractivity contribution < 1.29 is 14.6 Å². The number of aliphatic hydroxyl groups excluding tert-OH is 1. The van der Waals surface area contributed by atoms with Crippen molar-refractivity contribution in [1.29, 1.82) is 0 Å². The van der Waals surface area contributed by atoms with Crippen LogP contribution >= 0.6 is 22.6 Å². The van der Waals surface area contributed by atoms with Crippen molar-refractivity contribution in [2.24, 2.45) is 5.92 Å². The van der Waals surface area contributed by atoms with Gasteiger partial charge < -0.3 is 25.2 Å². The molecule has 5 nitrogen and oxygen atoms in total. The average Bonchev–Trinajstić information content (AvgIpc) is 2.70. The molecule has 2 rings (SSSR count). The van der Waals surface area contributed by atoms with Gasteiger partial charge in [-0.15, -0.1) is 0 Å². The lowest BCUT2D eigenvalue weighted by atomic mass is 9.78. The van der Waals surface area contributed by atoms with Crippen LogP contribution in [0.4, 0.5) is 0 Å². The molecule has 3 N–H and O–H groups in total. The van der Waals surface area contributed by atoms with Crippen LogP contribution in [0.15, 0.2) is 23.1 Å². The van der Waals surface area contributed by atoms with Gasteiger partial charge in [0.1, 0.15) is 19.1 Å². The maximum atomic E-state index is 9.41. The van der Waals surface area contributed by atoms with E-state index in [4.69, 9.17) is 9.47 Å². The second-order valence-corrected chi connectivity index (χ2v) is 8.37. The van der Waals surface area contributed by atoms with Gasteiger partial charge >= 0.3 is 0 Å². The number of hydrogen-bond donors (Lipinski definition) is 3. The lowest BCUT2D eigenvalue weighted by Gasteiger charge is -2.40. The highest BCUT2D eigenvalue weighted by Crippen LogP contribution is 2.45. The minimum atomic E-state index is -0.0832. The monoisotopic (exact) mass is 436 g/mol. The van der Waals surface area contributed by atoms with E-state index >= 15 is 0 Å². The molecule has 0 aromatic rings. The van der Waals surface area contributed by atoms with Crippen molar-refractivity contribution in [1.82, 2.24) is 10.6 Å². The Labute approximate surface area is 153 Å². The highest BCUT2D eigenvalue weighted by atomic mass is 127. The minimum Gasteiger partial charge on any atom is -0.489 e. The summed E-state index contributed by atoms with van der Waals surface area (Å²) in [5.74, 6) is 1.35. The van der Waals surface area contributed by atoms with Crippen molar-refractivity contribution >= 4 is 22.6 Å². The molecule has 0 bridgehead atoms. The van der Waals surface area contributed by atoms with Crippen molar-refractivity contribution in [2.75, 3.05) is 40.1 Å². The number of piperidine rings is 1. The molecule has 0 spiro atoms. The molecule has 0 aromatic heterocycles. The zero-order valence-electron chi connectivity index (χ0n) is 14.2. The van der Waals surface area contributed by atoms with Crippen molar-refractivity contribution in [2.45, 2.75) is 36.0 Å². The van der Waals surface area contributed by atoms with Gasteiger partial charge in [-0.25, -0.2) is 0 Å². The fourth-order valence-electron chi connectivity index (χ4n) is 3.58. The topological polar surface area (TPSA) is 62.8 Å². The van der Waals surface area contributed by atoms with E-state index in [-0.39, 0.29) is 10.2 Å². The van der Waals surface area contributed by atoms with Crippen LogP contribution in [-0.2, 0) is 9.47 Å². The van der Waals surface area contributed by atoms with E-state index in [1.54, 1.807) is 7.11 Å². The summed E-state index contributed by atoms with van der Waals surface area (Å²) in [7, 11) is 1.67. The molecule has 1 atom stereocenters. The third kappa shape index (κ3) is 4.84. The molecule has 1 aliphatic heterocycles. The number of nitrogens with one attached hydrogen (secondary N) is 2. The lowest BCUT2D eigenvalue weighted by Crippen LogP contribution is -2.43. The number of methoxy groups -OCH3 is 1. The summed E-state index contributed by atoms with van der Waals surface area (Å²) >= 11 is 2.67. The molecule has 1 saturated heterocycles. The van der Waals surface area contributed by atoms with E-state index in [0.717, 1.165) is 37.4 Å². The molecule has 6 heteroatoms. The maximum absolute atomic E-state index is 9.41. The van der Waals surface area contributed by atoms with Gasteiger partial charge in [-0.1, -0.05) is 22.6 Å². The lowest BCUT2D eigenvalue weighted by molar-refractivity contribution is 0.110. The number of aliphatic hydroxyl groups is 1. The third-order valence-electron chi connectivity index (χ3n) is 4.81. The van der Waals surface area contributed by atoms with Crippen LogP contribution in [0.2, 0.25) is 0 Å². The zero-order chi connectivity index (χ0) is 16.7. The predicted molar refractivity (Wildman–Crippen MR) is 100 cm³/mol. The minimum absolute atomic E-state index is 0.0832. The Kier molecular flexibility index (Phi) is 7.65. The summed E-state index contributed by atoms with van der Waals surface area (Å²) in [6.45, 7) is 5.36. The Bertz CT molecular complexity index is 445. The summed E-state index contributed by atoms with van der Waals surface area (Å²) < 4.78 is 11.3. The molecular weight excluding hydrogens is 407 g/mol. The first kappa shape index (κ1) is 19.0. The molecule has 132 valence electrons. The number of halogens is 1. The molecule has 0 aromatic carbocycles. The van der Waals surface area contributed by atoms with Crippen LogP contribution in [-0.4, -0.2) is 48.7 Å². The van der Waals surface area contributed by atoms with E-state index < -0.39 is 0 Å². The van der Waals surface area contributed by atoms with Gasteiger partial charge in [0.2, 0.25) is 0 Å². The number of alkyl halides is 1. The van der Waals surface area contributed by atoms with E-state index in [1.165, 1.54) is 18.4 Å². The first-order chi connectivity index (χ1) is 11.1. The highest BCUT2D eigenvalue weighted by Gasteiger charge is 2.39. The first-order valence-corrected chi connectivity index (χ1v) is 9.47. The Hall–Kier alpha value is -0.310. The van der Waals surface area contributed by atoms with E-state index in [9.17, 15) is 5.11 Å². The van der Waals surface area contributed by atoms with Crippen LogP contribution in [0.3, 0.4) is 0 Å². The molecule has 1 aliphatic carbocycles. The molecule has 0 saturated carbocycles. The van der Waals surface area contributed by atoms with Gasteiger partial charge in [-0.05, 0) is 63.3 Å². The largest absolute Gasteiger partial charge is 0.489 e. The van der Waals surface area contributed by atoms with Crippen molar-refractivity contribution in [3.8, 4) is 0 Å². The van der Waals surface area contributed by atoms with Crippen LogP contribution in [0.1, 0.15) is 32.6 Å². The summed E-state index contributed by atoms with van der Waals surface area (Å²) in [4.78, 5) is 0. The SMILES string of the molecule is COCCOC1=CCCC(C2(I)CCNCC2)C(C)=C1NCO. The Morgan fingerprint density at radius 1 is 1.39 bits per heavy atom. The van der Waals surface area contributed by atoms with Crippen molar-refractivity contribution in [3.63, 3.8) is 0 Å². The van der Waals surface area contributed by atoms with Gasteiger partial charge in [-0.3, -0.25) is 0 Å². The summed E-state index contributed by atoms with van der Waals surface area (Å²) in [5, 5.41) is 16.0. The van der Waals surface area contributed by atoms with E-state index in [1.807, 2.05) is 0 Å². The molecule has 0 amide bonds. The second-order valence-electron chi connectivity index (χ2n) is 6.22. The summed E-state index contributed by atoms with van der Waals surface area (Å²) in [6.07, 6.45) is 6.64.